The minimum absolute atomic E-state index is 1.55. The molecule has 0 bridgehead atoms. The normalized spacial score (nSPS) is 18.1. The van der Waals surface area contributed by atoms with Crippen molar-refractivity contribution in [3.8, 4) is 0 Å². The maximum Gasteiger partial charge on any atom is 0.166 e. The average Bonchev–Trinajstić information content (AvgIpc) is 1.84. The van der Waals surface area contributed by atoms with Crippen molar-refractivity contribution in [2.24, 2.45) is 0 Å². The maximum atomic E-state index is 11.1. The summed E-state index contributed by atoms with van der Waals surface area (Å²) in [7, 11) is -0.441. The Hall–Kier alpha value is 0.280. The van der Waals surface area contributed by atoms with Gasteiger partial charge in [0.15, 0.2) is 7.29 Å². The summed E-state index contributed by atoms with van der Waals surface area (Å²) in [5.74, 6) is 1.71. The van der Waals surface area contributed by atoms with Gasteiger partial charge in [-0.1, -0.05) is 0 Å². The zero-order chi connectivity index (χ0) is 7.33. The number of hydrogen-bond acceptors (Lipinski definition) is 2. The fraction of sp³-hybridized carbons (Fsp3) is 0.600. The molecule has 0 aromatic rings. The fourth-order valence-electron chi connectivity index (χ4n) is 0.252. The van der Waals surface area contributed by atoms with Crippen molar-refractivity contribution in [3.63, 3.8) is 0 Å². The molecule has 1 N–H and O–H groups in total. The molecule has 0 aliphatic rings. The standard InChI is InChI=1S/C5H12NOPS/c1-6-8(2,7)4-5-9-3/h4-5H,1-3H3,(H,6,7)/b5-4+. The van der Waals surface area contributed by atoms with Crippen LogP contribution in [0.2, 0.25) is 0 Å². The molecule has 0 aromatic carbocycles. The van der Waals surface area contributed by atoms with Gasteiger partial charge in [-0.25, -0.2) is 0 Å². The molecule has 54 valence electrons. The lowest BCUT2D eigenvalue weighted by Crippen LogP contribution is -1.97. The van der Waals surface area contributed by atoms with E-state index in [4.69, 9.17) is 0 Å². The third-order valence-electron chi connectivity index (χ3n) is 0.925. The summed E-state index contributed by atoms with van der Waals surface area (Å²) in [4.78, 5) is 0. The molecule has 0 aliphatic carbocycles. The van der Waals surface area contributed by atoms with E-state index in [1.54, 1.807) is 31.3 Å². The maximum absolute atomic E-state index is 11.1. The fourth-order valence-corrected chi connectivity index (χ4v) is 1.82. The quantitative estimate of drug-likeness (QED) is 0.648. The van der Waals surface area contributed by atoms with Crippen molar-refractivity contribution < 1.29 is 4.57 Å². The predicted octanol–water partition coefficient (Wildman–Crippen LogP) is 1.95. The first-order chi connectivity index (χ1) is 4.12. The van der Waals surface area contributed by atoms with Gasteiger partial charge in [0.1, 0.15) is 0 Å². The van der Waals surface area contributed by atoms with E-state index < -0.39 is 7.29 Å². The summed E-state index contributed by atoms with van der Waals surface area (Å²) in [6.07, 6.45) is 1.94. The van der Waals surface area contributed by atoms with Crippen molar-refractivity contribution in [2.45, 2.75) is 0 Å². The van der Waals surface area contributed by atoms with Crippen LogP contribution in [-0.2, 0) is 4.57 Å². The van der Waals surface area contributed by atoms with Crippen LogP contribution < -0.4 is 5.09 Å². The monoisotopic (exact) mass is 165 g/mol. The second-order valence-corrected chi connectivity index (χ2v) is 5.20. The SMILES string of the molecule is CNP(C)(=O)/C=C/SC. The Morgan fingerprint density at radius 3 is 2.56 bits per heavy atom. The van der Waals surface area contributed by atoms with Crippen molar-refractivity contribution in [3.05, 3.63) is 11.2 Å². The molecule has 0 spiro atoms. The molecule has 1 atom stereocenters. The van der Waals surface area contributed by atoms with E-state index in [1.807, 2.05) is 11.7 Å². The number of thioether (sulfide) groups is 1. The Morgan fingerprint density at radius 1 is 1.67 bits per heavy atom. The number of nitrogens with one attached hydrogen (secondary N) is 1. The van der Waals surface area contributed by atoms with Crippen LogP contribution in [-0.4, -0.2) is 20.0 Å². The molecule has 0 heterocycles. The lowest BCUT2D eigenvalue weighted by Gasteiger charge is -2.02. The highest BCUT2D eigenvalue weighted by molar-refractivity contribution is 8.01. The van der Waals surface area contributed by atoms with E-state index in [2.05, 4.69) is 5.09 Å². The van der Waals surface area contributed by atoms with Crippen LogP contribution in [0.4, 0.5) is 0 Å². The summed E-state index contributed by atoms with van der Waals surface area (Å²) in [5, 5.41) is 4.56. The molecule has 0 rings (SSSR count). The van der Waals surface area contributed by atoms with Crippen molar-refractivity contribution in [2.75, 3.05) is 20.0 Å². The van der Waals surface area contributed by atoms with Crippen LogP contribution >= 0.6 is 19.1 Å². The van der Waals surface area contributed by atoms with Crippen molar-refractivity contribution in [1.29, 1.82) is 0 Å². The van der Waals surface area contributed by atoms with Gasteiger partial charge in [0.2, 0.25) is 0 Å². The second kappa shape index (κ2) is 4.15. The predicted molar refractivity (Wildman–Crippen MR) is 45.2 cm³/mol. The summed E-state index contributed by atoms with van der Waals surface area (Å²) in [5.41, 5.74) is 0. The van der Waals surface area contributed by atoms with E-state index >= 15 is 0 Å². The Kier molecular flexibility index (Phi) is 4.28. The molecule has 0 saturated heterocycles. The molecular formula is C5H12NOPS. The first-order valence-corrected chi connectivity index (χ1v) is 6.10. The first kappa shape index (κ1) is 9.28. The van der Waals surface area contributed by atoms with Gasteiger partial charge in [0.25, 0.3) is 0 Å². The van der Waals surface area contributed by atoms with Crippen LogP contribution in [0, 0.1) is 0 Å². The summed E-state index contributed by atoms with van der Waals surface area (Å²) < 4.78 is 11.1. The van der Waals surface area contributed by atoms with Crippen LogP contribution in [0.1, 0.15) is 0 Å². The summed E-state index contributed by atoms with van der Waals surface area (Å²) >= 11 is 1.55. The largest absolute Gasteiger partial charge is 0.303 e. The molecule has 0 aliphatic heterocycles. The lowest BCUT2D eigenvalue weighted by atomic mass is 11.2. The molecule has 0 amide bonds. The third kappa shape index (κ3) is 4.76. The van der Waals surface area contributed by atoms with Crippen LogP contribution in [0.15, 0.2) is 11.2 Å². The van der Waals surface area contributed by atoms with Gasteiger partial charge in [0.05, 0.1) is 0 Å². The first-order valence-electron chi connectivity index (χ1n) is 2.59. The van der Waals surface area contributed by atoms with E-state index in [9.17, 15) is 4.57 Å². The molecule has 1 unspecified atom stereocenters. The van der Waals surface area contributed by atoms with Gasteiger partial charge in [0, 0.05) is 6.66 Å². The Bertz CT molecular complexity index is 146. The second-order valence-electron chi connectivity index (χ2n) is 1.73. The summed E-state index contributed by atoms with van der Waals surface area (Å²) in [6.45, 7) is 1.69. The Balaban J connectivity index is 3.86. The molecule has 0 fully saturated rings. The van der Waals surface area contributed by atoms with Gasteiger partial charge in [-0.3, -0.25) is 5.09 Å². The van der Waals surface area contributed by atoms with Gasteiger partial charge in [-0.05, 0) is 24.5 Å². The van der Waals surface area contributed by atoms with E-state index in [-0.39, 0.29) is 0 Å². The van der Waals surface area contributed by atoms with Gasteiger partial charge >= 0.3 is 0 Å². The highest BCUT2D eigenvalue weighted by Gasteiger charge is 2.03. The molecule has 0 aromatic heterocycles. The van der Waals surface area contributed by atoms with E-state index in [1.165, 1.54) is 0 Å². The van der Waals surface area contributed by atoms with Crippen LogP contribution in [0.5, 0.6) is 0 Å². The molecular weight excluding hydrogens is 153 g/mol. The smallest absolute Gasteiger partial charge is 0.166 e. The van der Waals surface area contributed by atoms with E-state index in [0.29, 0.717) is 0 Å². The number of rotatable bonds is 3. The third-order valence-corrected chi connectivity index (χ3v) is 3.14. The average molecular weight is 165 g/mol. The minimum atomic E-state index is -2.14. The molecule has 9 heavy (non-hydrogen) atoms. The van der Waals surface area contributed by atoms with Gasteiger partial charge in [-0.15, -0.1) is 11.8 Å². The topological polar surface area (TPSA) is 29.1 Å². The van der Waals surface area contributed by atoms with Gasteiger partial charge in [-0.2, -0.15) is 0 Å². The van der Waals surface area contributed by atoms with Crippen molar-refractivity contribution in [1.82, 2.24) is 5.09 Å². The summed E-state index contributed by atoms with van der Waals surface area (Å²) in [6, 6.07) is 0. The highest BCUT2D eigenvalue weighted by atomic mass is 32.2. The van der Waals surface area contributed by atoms with Gasteiger partial charge < -0.3 is 4.57 Å². The van der Waals surface area contributed by atoms with E-state index in [0.717, 1.165) is 0 Å². The van der Waals surface area contributed by atoms with Crippen molar-refractivity contribution >= 4 is 19.1 Å². The zero-order valence-corrected chi connectivity index (χ0v) is 7.63. The Morgan fingerprint density at radius 2 is 2.22 bits per heavy atom. The molecule has 0 radical (unpaired) electrons. The lowest BCUT2D eigenvalue weighted by molar-refractivity contribution is 0.579. The van der Waals surface area contributed by atoms with Crippen LogP contribution in [0.3, 0.4) is 0 Å². The van der Waals surface area contributed by atoms with Crippen LogP contribution in [0.25, 0.3) is 0 Å². The molecule has 0 saturated carbocycles. The highest BCUT2D eigenvalue weighted by Crippen LogP contribution is 2.37. The zero-order valence-electron chi connectivity index (χ0n) is 5.92. The molecule has 2 nitrogen and oxygen atoms in total. The Labute approximate surface area is 60.5 Å². The minimum Gasteiger partial charge on any atom is -0.303 e. The number of hydrogen-bond donors (Lipinski definition) is 1. The molecule has 4 heteroatoms.